The van der Waals surface area contributed by atoms with Crippen molar-refractivity contribution in [3.8, 4) is 12.3 Å². The zero-order chi connectivity index (χ0) is 15.0. The van der Waals surface area contributed by atoms with Crippen LogP contribution in [0.5, 0.6) is 0 Å². The molecule has 20 heavy (non-hydrogen) atoms. The molecule has 2 aromatic rings. The molecule has 1 nitrogen and oxygen atoms in total. The fourth-order valence-electron chi connectivity index (χ4n) is 2.48. The van der Waals surface area contributed by atoms with Crippen LogP contribution in [0.25, 0.3) is 10.9 Å². The van der Waals surface area contributed by atoms with Gasteiger partial charge < -0.3 is 0 Å². The first-order chi connectivity index (χ1) is 9.36. The highest BCUT2D eigenvalue weighted by Gasteiger charge is 2.22. The molecule has 3 heteroatoms. The lowest BCUT2D eigenvalue weighted by molar-refractivity contribution is 0.146. The lowest BCUT2D eigenvalue weighted by Crippen LogP contribution is -2.05. The van der Waals surface area contributed by atoms with Gasteiger partial charge in [0.25, 0.3) is 6.43 Å². The molecular weight excluding hydrogens is 256 g/mol. The molecule has 0 amide bonds. The Hall–Kier alpha value is -1.95. The highest BCUT2D eigenvalue weighted by molar-refractivity contribution is 5.87. The van der Waals surface area contributed by atoms with E-state index in [-0.39, 0.29) is 17.2 Å². The predicted octanol–water partition coefficient (Wildman–Crippen LogP) is 4.89. The number of aromatic nitrogens is 1. The van der Waals surface area contributed by atoms with E-state index in [0.29, 0.717) is 5.52 Å². The molecule has 0 unspecified atom stereocenters. The summed E-state index contributed by atoms with van der Waals surface area (Å²) in [6.07, 6.45) is 2.80. The molecule has 0 bridgehead atoms. The number of terminal acetylenes is 1. The fourth-order valence-corrected chi connectivity index (χ4v) is 2.48. The van der Waals surface area contributed by atoms with Crippen LogP contribution in [-0.2, 0) is 0 Å². The summed E-state index contributed by atoms with van der Waals surface area (Å²) in [4.78, 5) is 4.10. The number of benzene rings is 1. The quantitative estimate of drug-likeness (QED) is 0.710. The van der Waals surface area contributed by atoms with Crippen LogP contribution in [0.4, 0.5) is 8.78 Å². The van der Waals surface area contributed by atoms with Gasteiger partial charge in [0.1, 0.15) is 5.69 Å². The summed E-state index contributed by atoms with van der Waals surface area (Å²) < 4.78 is 26.4. The van der Waals surface area contributed by atoms with Gasteiger partial charge in [0, 0.05) is 5.39 Å². The maximum atomic E-state index is 13.2. The molecular formula is C17H17F2N. The zero-order valence-corrected chi connectivity index (χ0v) is 12.1. The lowest BCUT2D eigenvalue weighted by atomic mass is 9.90. The third-order valence-corrected chi connectivity index (χ3v) is 3.60. The Morgan fingerprint density at radius 3 is 2.25 bits per heavy atom. The molecule has 0 saturated heterocycles. The summed E-state index contributed by atoms with van der Waals surface area (Å²) in [5, 5.41) is 0.875. The Labute approximate surface area is 118 Å². The third-order valence-electron chi connectivity index (χ3n) is 3.60. The topological polar surface area (TPSA) is 12.9 Å². The Balaban J connectivity index is 2.99. The van der Waals surface area contributed by atoms with Crippen LogP contribution in [0.15, 0.2) is 12.1 Å². The first-order valence-corrected chi connectivity index (χ1v) is 6.56. The molecule has 104 valence electrons. The first kappa shape index (κ1) is 14.5. The number of hydrogen-bond donors (Lipinski definition) is 0. The molecule has 0 atom stereocenters. The van der Waals surface area contributed by atoms with Crippen molar-refractivity contribution in [1.29, 1.82) is 0 Å². The number of rotatable bonds is 2. The summed E-state index contributed by atoms with van der Waals surface area (Å²) >= 11 is 0. The van der Waals surface area contributed by atoms with Gasteiger partial charge in [-0.3, -0.25) is 0 Å². The molecule has 0 aliphatic carbocycles. The summed E-state index contributed by atoms with van der Waals surface area (Å²) in [6, 6.07) is 3.84. The number of alkyl halides is 2. The standard InChI is InChI=1S/C17H17F2N/c1-6-12-15(9(2)3)13-7-10(4)11(5)8-14(13)20-16(12)17(18)19/h1,7-9,17H,2-5H3. The van der Waals surface area contributed by atoms with E-state index >= 15 is 0 Å². The molecule has 1 heterocycles. The molecule has 0 saturated carbocycles. The van der Waals surface area contributed by atoms with Crippen molar-refractivity contribution < 1.29 is 8.78 Å². The third kappa shape index (κ3) is 2.27. The molecule has 0 spiro atoms. The number of pyridine rings is 1. The predicted molar refractivity (Wildman–Crippen MR) is 78.2 cm³/mol. The highest BCUT2D eigenvalue weighted by atomic mass is 19.3. The number of aryl methyl sites for hydroxylation is 2. The number of halogens is 2. The Morgan fingerprint density at radius 1 is 1.15 bits per heavy atom. The second kappa shape index (κ2) is 5.20. The minimum Gasteiger partial charge on any atom is -0.245 e. The van der Waals surface area contributed by atoms with Crippen LogP contribution in [0, 0.1) is 26.2 Å². The van der Waals surface area contributed by atoms with Gasteiger partial charge in [-0.2, -0.15) is 0 Å². The first-order valence-electron chi connectivity index (χ1n) is 6.56. The summed E-state index contributed by atoms with van der Waals surface area (Å²) in [5.41, 5.74) is 3.47. The van der Waals surface area contributed by atoms with Crippen molar-refractivity contribution in [3.05, 3.63) is 40.1 Å². The van der Waals surface area contributed by atoms with Crippen LogP contribution < -0.4 is 0 Å². The van der Waals surface area contributed by atoms with Gasteiger partial charge in [0.2, 0.25) is 0 Å². The number of fused-ring (bicyclic) bond motifs is 1. The monoisotopic (exact) mass is 273 g/mol. The second-order valence-corrected chi connectivity index (χ2v) is 5.34. The minimum absolute atomic E-state index is 0.0613. The summed E-state index contributed by atoms with van der Waals surface area (Å²) in [6.45, 7) is 7.86. The SMILES string of the molecule is C#Cc1c(C(F)F)nc2cc(C)c(C)cc2c1C(C)C. The van der Waals surface area contributed by atoms with E-state index in [2.05, 4.69) is 10.9 Å². The van der Waals surface area contributed by atoms with Crippen LogP contribution in [0.3, 0.4) is 0 Å². The minimum atomic E-state index is -2.66. The molecule has 0 aliphatic heterocycles. The average Bonchev–Trinajstić information content (AvgIpc) is 2.37. The molecule has 0 N–H and O–H groups in total. The van der Waals surface area contributed by atoms with E-state index in [0.717, 1.165) is 22.1 Å². The van der Waals surface area contributed by atoms with Crippen LogP contribution in [0.1, 0.15) is 54.1 Å². The normalized spacial score (nSPS) is 11.3. The van der Waals surface area contributed by atoms with Crippen LogP contribution in [-0.4, -0.2) is 4.98 Å². The molecule has 1 aromatic carbocycles. The smallest absolute Gasteiger partial charge is 0.245 e. The Kier molecular flexibility index (Phi) is 3.76. The van der Waals surface area contributed by atoms with E-state index in [4.69, 9.17) is 6.42 Å². The Morgan fingerprint density at radius 2 is 1.75 bits per heavy atom. The highest BCUT2D eigenvalue weighted by Crippen LogP contribution is 2.34. The van der Waals surface area contributed by atoms with Crippen molar-refractivity contribution in [1.82, 2.24) is 4.98 Å². The van der Waals surface area contributed by atoms with E-state index in [1.54, 1.807) is 0 Å². The van der Waals surface area contributed by atoms with Crippen molar-refractivity contribution in [3.63, 3.8) is 0 Å². The molecule has 2 rings (SSSR count). The summed E-state index contributed by atoms with van der Waals surface area (Å²) in [7, 11) is 0. The largest absolute Gasteiger partial charge is 0.281 e. The Bertz CT molecular complexity index is 709. The van der Waals surface area contributed by atoms with Crippen LogP contribution >= 0.6 is 0 Å². The lowest BCUT2D eigenvalue weighted by Gasteiger charge is -2.17. The van der Waals surface area contributed by atoms with Gasteiger partial charge in [-0.25, -0.2) is 13.8 Å². The van der Waals surface area contributed by atoms with Gasteiger partial charge in [0.15, 0.2) is 0 Å². The zero-order valence-electron chi connectivity index (χ0n) is 12.1. The number of nitrogens with zero attached hydrogens (tertiary/aromatic N) is 1. The van der Waals surface area contributed by atoms with Gasteiger partial charge >= 0.3 is 0 Å². The molecule has 1 aromatic heterocycles. The van der Waals surface area contributed by atoms with Crippen molar-refractivity contribution in [2.75, 3.05) is 0 Å². The van der Waals surface area contributed by atoms with Gasteiger partial charge in [-0.15, -0.1) is 6.42 Å². The van der Waals surface area contributed by atoms with Gasteiger partial charge in [0.05, 0.1) is 11.1 Å². The molecule has 0 fully saturated rings. The van der Waals surface area contributed by atoms with Crippen molar-refractivity contribution in [2.45, 2.75) is 40.0 Å². The fraction of sp³-hybridized carbons (Fsp3) is 0.353. The van der Waals surface area contributed by atoms with Gasteiger partial charge in [-0.05, 0) is 48.6 Å². The van der Waals surface area contributed by atoms with Gasteiger partial charge in [-0.1, -0.05) is 19.8 Å². The van der Waals surface area contributed by atoms with E-state index in [1.807, 2.05) is 39.8 Å². The number of hydrogen-bond acceptors (Lipinski definition) is 1. The maximum absolute atomic E-state index is 13.2. The molecule has 0 radical (unpaired) electrons. The maximum Gasteiger partial charge on any atom is 0.281 e. The summed E-state index contributed by atoms with van der Waals surface area (Å²) in [5.74, 6) is 2.47. The average molecular weight is 273 g/mol. The van der Waals surface area contributed by atoms with Crippen molar-refractivity contribution >= 4 is 10.9 Å². The van der Waals surface area contributed by atoms with Crippen LogP contribution in [0.2, 0.25) is 0 Å². The van der Waals surface area contributed by atoms with E-state index in [9.17, 15) is 8.78 Å². The van der Waals surface area contributed by atoms with Crippen molar-refractivity contribution in [2.24, 2.45) is 0 Å². The van der Waals surface area contributed by atoms with E-state index < -0.39 is 6.43 Å². The van der Waals surface area contributed by atoms with E-state index in [1.165, 1.54) is 0 Å². The molecule has 0 aliphatic rings. The second-order valence-electron chi connectivity index (χ2n) is 5.34.